The molecule has 1 N–H and O–H groups in total. The van der Waals surface area contributed by atoms with Crippen LogP contribution in [-0.2, 0) is 13.1 Å². The number of hydrogen-bond donors (Lipinski definition) is 1. The summed E-state index contributed by atoms with van der Waals surface area (Å²) in [5, 5.41) is 3.49. The lowest BCUT2D eigenvalue weighted by molar-refractivity contribution is 0.150. The minimum atomic E-state index is 0.418. The monoisotopic (exact) mass is 270 g/mol. The highest BCUT2D eigenvalue weighted by molar-refractivity contribution is 5.20. The van der Waals surface area contributed by atoms with Gasteiger partial charge in [0, 0.05) is 38.1 Å². The first-order chi connectivity index (χ1) is 9.88. The van der Waals surface area contributed by atoms with Crippen LogP contribution in [-0.4, -0.2) is 34.1 Å². The number of nitrogens with zero attached hydrogens (tertiary/aromatic N) is 3. The second kappa shape index (κ2) is 6.20. The molecule has 0 amide bonds. The van der Waals surface area contributed by atoms with E-state index in [0.29, 0.717) is 6.04 Å². The Morgan fingerprint density at radius 3 is 2.90 bits per heavy atom. The van der Waals surface area contributed by atoms with E-state index in [-0.39, 0.29) is 0 Å². The lowest BCUT2D eigenvalue weighted by atomic mass is 10.0. The van der Waals surface area contributed by atoms with E-state index in [9.17, 15) is 0 Å². The summed E-state index contributed by atoms with van der Waals surface area (Å²) in [6.07, 6.45) is 3.98. The summed E-state index contributed by atoms with van der Waals surface area (Å²) in [6.45, 7) is 7.19. The highest BCUT2D eigenvalue weighted by Crippen LogP contribution is 2.24. The molecule has 1 aromatic carbocycles. The van der Waals surface area contributed by atoms with Crippen LogP contribution in [0.25, 0.3) is 0 Å². The lowest BCUT2D eigenvalue weighted by Gasteiger charge is -2.35. The summed E-state index contributed by atoms with van der Waals surface area (Å²) in [7, 11) is 0. The van der Waals surface area contributed by atoms with Crippen LogP contribution in [0.4, 0.5) is 0 Å². The Hall–Kier alpha value is -1.65. The minimum absolute atomic E-state index is 0.418. The van der Waals surface area contributed by atoms with Crippen molar-refractivity contribution in [3.63, 3.8) is 0 Å². The zero-order chi connectivity index (χ0) is 13.8. The van der Waals surface area contributed by atoms with Crippen molar-refractivity contribution < 1.29 is 0 Å². The van der Waals surface area contributed by atoms with Gasteiger partial charge in [-0.2, -0.15) is 0 Å². The molecule has 1 unspecified atom stereocenters. The maximum Gasteiger partial charge on any atom is 0.122 e. The third-order valence-electron chi connectivity index (χ3n) is 3.99. The summed E-state index contributed by atoms with van der Waals surface area (Å²) < 4.78 is 2.26. The lowest BCUT2D eigenvalue weighted by Crippen LogP contribution is -2.40. The van der Waals surface area contributed by atoms with Gasteiger partial charge in [-0.1, -0.05) is 37.3 Å². The maximum atomic E-state index is 4.46. The molecule has 1 aliphatic heterocycles. The van der Waals surface area contributed by atoms with Gasteiger partial charge in [0.25, 0.3) is 0 Å². The van der Waals surface area contributed by atoms with Crippen molar-refractivity contribution in [1.29, 1.82) is 0 Å². The molecule has 1 aliphatic rings. The van der Waals surface area contributed by atoms with E-state index in [1.54, 1.807) is 0 Å². The van der Waals surface area contributed by atoms with Crippen molar-refractivity contribution in [3.8, 4) is 0 Å². The largest absolute Gasteiger partial charge is 0.333 e. The maximum absolute atomic E-state index is 4.46. The number of aromatic nitrogens is 2. The summed E-state index contributed by atoms with van der Waals surface area (Å²) in [5.74, 6) is 1.17. The van der Waals surface area contributed by atoms with Gasteiger partial charge in [-0.25, -0.2) is 4.98 Å². The predicted molar refractivity (Wildman–Crippen MR) is 80.4 cm³/mol. The van der Waals surface area contributed by atoms with Crippen LogP contribution in [0.2, 0.25) is 0 Å². The zero-order valence-corrected chi connectivity index (χ0v) is 12.0. The molecule has 4 heteroatoms. The van der Waals surface area contributed by atoms with E-state index in [1.807, 2.05) is 6.20 Å². The van der Waals surface area contributed by atoms with Gasteiger partial charge in [0.15, 0.2) is 0 Å². The quantitative estimate of drug-likeness (QED) is 0.902. The summed E-state index contributed by atoms with van der Waals surface area (Å²) >= 11 is 0. The molecule has 20 heavy (non-hydrogen) atoms. The van der Waals surface area contributed by atoms with Gasteiger partial charge < -0.3 is 9.88 Å². The second-order valence-corrected chi connectivity index (χ2v) is 5.24. The molecule has 106 valence electrons. The van der Waals surface area contributed by atoms with Crippen LogP contribution >= 0.6 is 0 Å². The average molecular weight is 270 g/mol. The molecule has 0 bridgehead atoms. The first-order valence-electron chi connectivity index (χ1n) is 7.38. The smallest absolute Gasteiger partial charge is 0.122 e. The Morgan fingerprint density at radius 1 is 1.25 bits per heavy atom. The standard InChI is InChI=1S/C16H22N4/c1-2-17-12-15(14-6-4-3-5-7-14)20-11-10-19-9-8-18-16(19)13-20/h3-9,15,17H,2,10-13H2,1H3. The highest BCUT2D eigenvalue weighted by Gasteiger charge is 2.24. The van der Waals surface area contributed by atoms with Crippen LogP contribution < -0.4 is 5.32 Å². The van der Waals surface area contributed by atoms with Crippen molar-refractivity contribution in [2.45, 2.75) is 26.1 Å². The van der Waals surface area contributed by atoms with E-state index in [1.165, 1.54) is 11.4 Å². The van der Waals surface area contributed by atoms with E-state index in [0.717, 1.165) is 32.7 Å². The Labute approximate surface area is 120 Å². The van der Waals surface area contributed by atoms with Gasteiger partial charge in [-0.3, -0.25) is 4.90 Å². The Morgan fingerprint density at radius 2 is 2.10 bits per heavy atom. The Bertz CT molecular complexity index is 534. The number of nitrogens with one attached hydrogen (secondary N) is 1. The molecule has 0 radical (unpaired) electrons. The first-order valence-corrected chi connectivity index (χ1v) is 7.38. The third-order valence-corrected chi connectivity index (χ3v) is 3.99. The van der Waals surface area contributed by atoms with Crippen LogP contribution in [0.5, 0.6) is 0 Å². The summed E-state index contributed by atoms with van der Waals surface area (Å²) in [5.41, 5.74) is 1.38. The van der Waals surface area contributed by atoms with Gasteiger partial charge >= 0.3 is 0 Å². The van der Waals surface area contributed by atoms with E-state index in [2.05, 4.69) is 63.2 Å². The number of imidazole rings is 1. The van der Waals surface area contributed by atoms with Gasteiger partial charge in [-0.15, -0.1) is 0 Å². The van der Waals surface area contributed by atoms with E-state index in [4.69, 9.17) is 0 Å². The molecule has 0 spiro atoms. The van der Waals surface area contributed by atoms with Crippen molar-refractivity contribution in [2.75, 3.05) is 19.6 Å². The fourth-order valence-corrected chi connectivity index (χ4v) is 2.87. The molecule has 3 rings (SSSR count). The fraction of sp³-hybridized carbons (Fsp3) is 0.438. The number of fused-ring (bicyclic) bond motifs is 1. The third kappa shape index (κ3) is 2.76. The van der Waals surface area contributed by atoms with Crippen LogP contribution in [0.15, 0.2) is 42.7 Å². The van der Waals surface area contributed by atoms with Crippen molar-refractivity contribution in [3.05, 3.63) is 54.1 Å². The molecule has 2 heterocycles. The number of hydrogen-bond acceptors (Lipinski definition) is 3. The van der Waals surface area contributed by atoms with Crippen LogP contribution in [0.1, 0.15) is 24.4 Å². The molecule has 1 atom stereocenters. The summed E-state index contributed by atoms with van der Waals surface area (Å²) in [6, 6.07) is 11.2. The molecule has 0 aliphatic carbocycles. The van der Waals surface area contributed by atoms with Gasteiger partial charge in [0.1, 0.15) is 5.82 Å². The number of rotatable bonds is 5. The topological polar surface area (TPSA) is 33.1 Å². The van der Waals surface area contributed by atoms with Crippen molar-refractivity contribution in [2.24, 2.45) is 0 Å². The molecular weight excluding hydrogens is 248 g/mol. The Balaban J connectivity index is 1.80. The SMILES string of the molecule is CCNCC(c1ccccc1)N1CCn2ccnc2C1. The molecule has 0 saturated heterocycles. The van der Waals surface area contributed by atoms with Gasteiger partial charge in [0.2, 0.25) is 0 Å². The number of benzene rings is 1. The Kier molecular flexibility index (Phi) is 4.14. The number of likely N-dealkylation sites (N-methyl/N-ethyl adjacent to an activating group) is 1. The van der Waals surface area contributed by atoms with E-state index < -0.39 is 0 Å². The van der Waals surface area contributed by atoms with Gasteiger partial charge in [0.05, 0.1) is 6.54 Å². The molecule has 1 aromatic heterocycles. The van der Waals surface area contributed by atoms with Gasteiger partial charge in [-0.05, 0) is 12.1 Å². The minimum Gasteiger partial charge on any atom is -0.333 e. The molecule has 0 fully saturated rings. The van der Waals surface area contributed by atoms with Crippen LogP contribution in [0.3, 0.4) is 0 Å². The summed E-state index contributed by atoms with van der Waals surface area (Å²) in [4.78, 5) is 6.99. The fourth-order valence-electron chi connectivity index (χ4n) is 2.87. The first kappa shape index (κ1) is 13.3. The normalized spacial score (nSPS) is 16.9. The molecule has 2 aromatic rings. The van der Waals surface area contributed by atoms with Crippen molar-refractivity contribution in [1.82, 2.24) is 19.8 Å². The molecule has 4 nitrogen and oxygen atoms in total. The average Bonchev–Trinajstić information content (AvgIpc) is 2.96. The highest BCUT2D eigenvalue weighted by atomic mass is 15.3. The van der Waals surface area contributed by atoms with E-state index >= 15 is 0 Å². The van der Waals surface area contributed by atoms with Crippen LogP contribution in [0, 0.1) is 0 Å². The molecular formula is C16H22N4. The van der Waals surface area contributed by atoms with Crippen molar-refractivity contribution >= 4 is 0 Å². The molecule has 0 saturated carbocycles. The zero-order valence-electron chi connectivity index (χ0n) is 12.0. The second-order valence-electron chi connectivity index (χ2n) is 5.24. The predicted octanol–water partition coefficient (Wildman–Crippen LogP) is 2.05.